The van der Waals surface area contributed by atoms with Gasteiger partial charge in [-0.25, -0.2) is 14.8 Å². The number of hydrogen-bond acceptors (Lipinski definition) is 8. The molecule has 0 bridgehead atoms. The first-order valence-electron chi connectivity index (χ1n) is 11.5. The molecule has 0 amide bonds. The van der Waals surface area contributed by atoms with Crippen LogP contribution in [0.4, 0.5) is 0 Å². The van der Waals surface area contributed by atoms with E-state index in [9.17, 15) is 9.59 Å². The molecule has 1 N–H and O–H groups in total. The number of thiophene rings is 1. The molecule has 0 spiro atoms. The van der Waals surface area contributed by atoms with E-state index in [-0.39, 0.29) is 5.56 Å². The van der Waals surface area contributed by atoms with Crippen LogP contribution in [0.2, 0.25) is 0 Å². The second-order valence-corrected chi connectivity index (χ2v) is 9.92. The summed E-state index contributed by atoms with van der Waals surface area (Å²) in [5.41, 5.74) is 1.58. The van der Waals surface area contributed by atoms with Gasteiger partial charge < -0.3 is 19.4 Å². The van der Waals surface area contributed by atoms with Gasteiger partial charge in [0.15, 0.2) is 0 Å². The number of benzene rings is 1. The zero-order chi connectivity index (χ0) is 23.2. The van der Waals surface area contributed by atoms with Crippen LogP contribution in [-0.4, -0.2) is 57.8 Å². The fourth-order valence-corrected chi connectivity index (χ4v) is 6.33. The molecule has 10 heteroatoms. The molecule has 0 unspecified atom stereocenters. The molecule has 6 rings (SSSR count). The zero-order valence-electron chi connectivity index (χ0n) is 18.8. The normalized spacial score (nSPS) is 19.8. The number of aromatic nitrogens is 4. The molecular formula is C24H25N5O4S. The standard InChI is InChI=1S/C24H25N5O4S/c1-32-16-5-4-6-17-18(16)15-12-28(11-14(15)13-33-17)9-2-3-10-29-23(30)21-19(27-24(29)31)20-22(34-21)26-8-7-25-20/h4-8,14-15H,2-3,9-13H2,1H3,(H,27,31)/t14-,15+/m1/s1. The van der Waals surface area contributed by atoms with Crippen LogP contribution < -0.4 is 20.7 Å². The summed E-state index contributed by atoms with van der Waals surface area (Å²) in [6.45, 7) is 3.99. The van der Waals surface area contributed by atoms with Gasteiger partial charge in [0, 0.05) is 49.4 Å². The summed E-state index contributed by atoms with van der Waals surface area (Å²) < 4.78 is 13.4. The van der Waals surface area contributed by atoms with Crippen LogP contribution in [-0.2, 0) is 6.54 Å². The van der Waals surface area contributed by atoms with E-state index in [0.717, 1.165) is 50.6 Å². The molecule has 4 aromatic rings. The lowest BCUT2D eigenvalue weighted by Crippen LogP contribution is -2.34. The minimum Gasteiger partial charge on any atom is -0.496 e. The summed E-state index contributed by atoms with van der Waals surface area (Å²) in [7, 11) is 1.71. The Balaban J connectivity index is 1.12. The van der Waals surface area contributed by atoms with E-state index in [1.54, 1.807) is 19.5 Å². The highest BCUT2D eigenvalue weighted by Gasteiger charge is 2.40. The molecule has 2 aliphatic heterocycles. The average molecular weight is 480 g/mol. The second kappa shape index (κ2) is 8.52. The van der Waals surface area contributed by atoms with Crippen molar-refractivity contribution >= 4 is 31.9 Å². The summed E-state index contributed by atoms with van der Waals surface area (Å²) in [4.78, 5) is 40.1. The third-order valence-electron chi connectivity index (χ3n) is 6.94. The van der Waals surface area contributed by atoms with Crippen molar-refractivity contribution in [2.24, 2.45) is 5.92 Å². The predicted octanol–water partition coefficient (Wildman–Crippen LogP) is 2.59. The first kappa shape index (κ1) is 21.3. The first-order chi connectivity index (χ1) is 16.6. The number of rotatable bonds is 6. The smallest absolute Gasteiger partial charge is 0.328 e. The van der Waals surface area contributed by atoms with Gasteiger partial charge in [-0.3, -0.25) is 9.36 Å². The van der Waals surface area contributed by atoms with Gasteiger partial charge in [0.25, 0.3) is 5.56 Å². The number of ether oxygens (including phenoxy) is 2. The van der Waals surface area contributed by atoms with Gasteiger partial charge in [-0.1, -0.05) is 6.07 Å². The fraction of sp³-hybridized carbons (Fsp3) is 0.417. The van der Waals surface area contributed by atoms with Gasteiger partial charge in [-0.05, 0) is 31.5 Å². The van der Waals surface area contributed by atoms with Crippen LogP contribution in [0.15, 0.2) is 40.2 Å². The zero-order valence-corrected chi connectivity index (χ0v) is 19.6. The Hall–Kier alpha value is -3.24. The Morgan fingerprint density at radius 2 is 2.03 bits per heavy atom. The maximum atomic E-state index is 13.0. The van der Waals surface area contributed by atoms with Gasteiger partial charge in [0.05, 0.1) is 19.2 Å². The minimum absolute atomic E-state index is 0.267. The molecule has 3 aromatic heterocycles. The number of nitrogens with zero attached hydrogens (tertiary/aromatic N) is 4. The van der Waals surface area contributed by atoms with Crippen molar-refractivity contribution in [1.82, 2.24) is 24.4 Å². The molecule has 34 heavy (non-hydrogen) atoms. The van der Waals surface area contributed by atoms with Gasteiger partial charge in [-0.15, -0.1) is 11.3 Å². The summed E-state index contributed by atoms with van der Waals surface area (Å²) in [5, 5.41) is 0. The fourth-order valence-electron chi connectivity index (χ4n) is 5.32. The van der Waals surface area contributed by atoms with Crippen molar-refractivity contribution in [3.63, 3.8) is 0 Å². The summed E-state index contributed by atoms with van der Waals surface area (Å²) in [6, 6.07) is 5.99. The van der Waals surface area contributed by atoms with E-state index in [1.807, 2.05) is 18.2 Å². The van der Waals surface area contributed by atoms with Crippen LogP contribution in [0.3, 0.4) is 0 Å². The number of nitrogens with one attached hydrogen (secondary N) is 1. The molecule has 1 fully saturated rings. The van der Waals surface area contributed by atoms with E-state index < -0.39 is 5.69 Å². The molecule has 1 saturated heterocycles. The van der Waals surface area contributed by atoms with E-state index >= 15 is 0 Å². The monoisotopic (exact) mass is 479 g/mol. The van der Waals surface area contributed by atoms with Gasteiger partial charge in [0.1, 0.15) is 26.5 Å². The van der Waals surface area contributed by atoms with Crippen molar-refractivity contribution < 1.29 is 9.47 Å². The van der Waals surface area contributed by atoms with Gasteiger partial charge >= 0.3 is 5.69 Å². The first-order valence-corrected chi connectivity index (χ1v) is 12.3. The average Bonchev–Trinajstić information content (AvgIpc) is 3.44. The SMILES string of the molecule is COc1cccc2c1[C@H]1CN(CCCCn3c(=O)[nH]c4c(sc5nccnc54)c3=O)C[C@@H]1CO2. The molecule has 1 aromatic carbocycles. The van der Waals surface area contributed by atoms with Crippen LogP contribution in [0.5, 0.6) is 11.5 Å². The lowest BCUT2D eigenvalue weighted by Gasteiger charge is -2.29. The predicted molar refractivity (Wildman–Crippen MR) is 130 cm³/mol. The number of unbranched alkanes of at least 4 members (excludes halogenated alkanes) is 1. The van der Waals surface area contributed by atoms with E-state index in [4.69, 9.17) is 9.47 Å². The van der Waals surface area contributed by atoms with E-state index in [1.165, 1.54) is 21.5 Å². The molecule has 0 radical (unpaired) electrons. The largest absolute Gasteiger partial charge is 0.496 e. The van der Waals surface area contributed by atoms with Crippen LogP contribution in [0.1, 0.15) is 24.3 Å². The summed E-state index contributed by atoms with van der Waals surface area (Å²) >= 11 is 1.27. The minimum atomic E-state index is -0.393. The van der Waals surface area contributed by atoms with Crippen molar-refractivity contribution in [2.45, 2.75) is 25.3 Å². The highest BCUT2D eigenvalue weighted by molar-refractivity contribution is 7.25. The molecule has 9 nitrogen and oxygen atoms in total. The second-order valence-electron chi connectivity index (χ2n) is 8.92. The van der Waals surface area contributed by atoms with Crippen LogP contribution in [0, 0.1) is 5.92 Å². The van der Waals surface area contributed by atoms with Crippen LogP contribution >= 0.6 is 11.3 Å². The quantitative estimate of drug-likeness (QED) is 0.424. The third-order valence-corrected chi connectivity index (χ3v) is 8.01. The number of H-pyrrole nitrogens is 1. The highest BCUT2D eigenvalue weighted by atomic mass is 32.1. The summed E-state index contributed by atoms with van der Waals surface area (Å²) in [5.74, 6) is 2.69. The number of aromatic amines is 1. The molecule has 0 saturated carbocycles. The number of fused-ring (bicyclic) bond motifs is 6. The number of hydrogen-bond donors (Lipinski definition) is 1. The maximum Gasteiger partial charge on any atom is 0.328 e. The maximum absolute atomic E-state index is 13.0. The van der Waals surface area contributed by atoms with E-state index in [2.05, 4.69) is 19.9 Å². The molecule has 2 aliphatic rings. The van der Waals surface area contributed by atoms with Crippen molar-refractivity contribution in [3.8, 4) is 11.5 Å². The molecule has 5 heterocycles. The third kappa shape index (κ3) is 3.48. The molecule has 2 atom stereocenters. The highest BCUT2D eigenvalue weighted by Crippen LogP contribution is 2.46. The lowest BCUT2D eigenvalue weighted by atomic mass is 9.86. The number of likely N-dealkylation sites (tertiary alicyclic amines) is 1. The molecular weight excluding hydrogens is 454 g/mol. The Labute approximate surface area is 199 Å². The van der Waals surface area contributed by atoms with Gasteiger partial charge in [-0.2, -0.15) is 0 Å². The van der Waals surface area contributed by atoms with Crippen molar-refractivity contribution in [1.29, 1.82) is 0 Å². The van der Waals surface area contributed by atoms with E-state index in [0.29, 0.717) is 38.9 Å². The Morgan fingerprint density at radius 3 is 2.91 bits per heavy atom. The Bertz CT molecular complexity index is 1480. The number of methoxy groups -OCH3 is 1. The topological polar surface area (TPSA) is 102 Å². The van der Waals surface area contributed by atoms with Crippen LogP contribution in [0.25, 0.3) is 20.6 Å². The van der Waals surface area contributed by atoms with Crippen molar-refractivity contribution in [3.05, 3.63) is 57.0 Å². The molecule has 0 aliphatic carbocycles. The summed E-state index contributed by atoms with van der Waals surface area (Å²) in [6.07, 6.45) is 4.80. The molecule has 176 valence electrons. The lowest BCUT2D eigenvalue weighted by molar-refractivity contribution is 0.209. The Kier molecular flexibility index (Phi) is 5.34. The van der Waals surface area contributed by atoms with Crippen molar-refractivity contribution in [2.75, 3.05) is 33.4 Å². The Morgan fingerprint density at radius 1 is 1.18 bits per heavy atom. The van der Waals surface area contributed by atoms with Gasteiger partial charge in [0.2, 0.25) is 0 Å².